The van der Waals surface area contributed by atoms with E-state index in [9.17, 15) is 0 Å². The minimum atomic E-state index is 0.311. The molecule has 1 fully saturated rings. The van der Waals surface area contributed by atoms with Crippen LogP contribution in [0, 0.1) is 18.3 Å². The summed E-state index contributed by atoms with van der Waals surface area (Å²) in [4.78, 5) is 13.7. The van der Waals surface area contributed by atoms with Crippen molar-refractivity contribution in [3.63, 3.8) is 0 Å². The highest BCUT2D eigenvalue weighted by atomic mass is 14.9. The number of nitriles is 1. The Morgan fingerprint density at radius 3 is 2.88 bits per heavy atom. The van der Waals surface area contributed by atoms with E-state index in [0.29, 0.717) is 23.9 Å². The number of anilines is 1. The fraction of sp³-hybridized carbons (Fsp3) is 0.263. The topological polar surface area (TPSA) is 88.5 Å². The van der Waals surface area contributed by atoms with Gasteiger partial charge in [-0.1, -0.05) is 6.07 Å². The summed E-state index contributed by atoms with van der Waals surface area (Å²) in [6.07, 6.45) is 3.17. The number of nitrogen functional groups attached to an aromatic ring is 1. The molecule has 0 aliphatic heterocycles. The molecule has 0 amide bonds. The zero-order chi connectivity index (χ0) is 16.7. The van der Waals surface area contributed by atoms with Crippen LogP contribution in [-0.4, -0.2) is 15.0 Å². The zero-order valence-corrected chi connectivity index (χ0v) is 13.4. The summed E-state index contributed by atoms with van der Waals surface area (Å²) in [5.41, 5.74) is 10.4. The quantitative estimate of drug-likeness (QED) is 0.749. The van der Waals surface area contributed by atoms with Crippen LogP contribution in [0.5, 0.6) is 0 Å². The molecule has 24 heavy (non-hydrogen) atoms. The molecule has 1 saturated carbocycles. The van der Waals surface area contributed by atoms with E-state index in [1.165, 1.54) is 0 Å². The molecule has 2 N–H and O–H groups in total. The van der Waals surface area contributed by atoms with Gasteiger partial charge < -0.3 is 5.73 Å². The Morgan fingerprint density at radius 1 is 1.21 bits per heavy atom. The van der Waals surface area contributed by atoms with Gasteiger partial charge in [-0.05, 0) is 43.2 Å². The second-order valence-corrected chi connectivity index (χ2v) is 6.32. The molecule has 2 atom stereocenters. The number of aryl methyl sites for hydroxylation is 1. The lowest BCUT2D eigenvalue weighted by Gasteiger charge is -2.08. The maximum absolute atomic E-state index is 9.12. The van der Waals surface area contributed by atoms with Crippen molar-refractivity contribution in [2.24, 2.45) is 0 Å². The number of hydrogen-bond donors (Lipinski definition) is 1. The summed E-state index contributed by atoms with van der Waals surface area (Å²) in [5.74, 6) is 1.51. The van der Waals surface area contributed by atoms with E-state index in [1.807, 2.05) is 37.4 Å². The zero-order valence-electron chi connectivity index (χ0n) is 13.4. The molecule has 3 aromatic rings. The van der Waals surface area contributed by atoms with Crippen molar-refractivity contribution < 1.29 is 0 Å². The van der Waals surface area contributed by atoms with Gasteiger partial charge in [0, 0.05) is 40.5 Å². The standard InChI is InChI=1S/C19H17N5/c1-11-5-7-22-19(23-11)16-10-15(16)17-8-12(4-6-20)14-3-2-13(21)9-18(14)24-17/h2-3,5,7-9,15-16H,4,10,21H2,1H3/t15-,16-/m0/s1. The summed E-state index contributed by atoms with van der Waals surface area (Å²) in [6, 6.07) is 11.9. The summed E-state index contributed by atoms with van der Waals surface area (Å²) >= 11 is 0. The van der Waals surface area contributed by atoms with Crippen molar-refractivity contribution in [1.82, 2.24) is 15.0 Å². The second kappa shape index (κ2) is 5.57. The predicted octanol–water partition coefficient (Wildman–Crippen LogP) is 3.25. The number of aromatic nitrogens is 3. The van der Waals surface area contributed by atoms with Crippen LogP contribution in [0.3, 0.4) is 0 Å². The predicted molar refractivity (Wildman–Crippen MR) is 92.3 cm³/mol. The van der Waals surface area contributed by atoms with Crippen LogP contribution < -0.4 is 5.73 Å². The van der Waals surface area contributed by atoms with Gasteiger partial charge in [-0.3, -0.25) is 4.98 Å². The van der Waals surface area contributed by atoms with Crippen molar-refractivity contribution >= 4 is 16.6 Å². The summed E-state index contributed by atoms with van der Waals surface area (Å²) < 4.78 is 0. The van der Waals surface area contributed by atoms with Crippen molar-refractivity contribution in [2.75, 3.05) is 5.73 Å². The lowest BCUT2D eigenvalue weighted by Crippen LogP contribution is -1.98. The van der Waals surface area contributed by atoms with Crippen molar-refractivity contribution in [1.29, 1.82) is 5.26 Å². The van der Waals surface area contributed by atoms with E-state index < -0.39 is 0 Å². The van der Waals surface area contributed by atoms with Gasteiger partial charge in [0.1, 0.15) is 5.82 Å². The van der Waals surface area contributed by atoms with Crippen molar-refractivity contribution in [2.45, 2.75) is 31.6 Å². The molecule has 0 radical (unpaired) electrons. The van der Waals surface area contributed by atoms with E-state index in [2.05, 4.69) is 22.1 Å². The fourth-order valence-electron chi connectivity index (χ4n) is 3.22. The molecule has 2 aromatic heterocycles. The molecule has 1 aromatic carbocycles. The molecular weight excluding hydrogens is 298 g/mol. The lowest BCUT2D eigenvalue weighted by atomic mass is 10.0. The van der Waals surface area contributed by atoms with Crippen LogP contribution in [0.15, 0.2) is 36.5 Å². The summed E-state index contributed by atoms with van der Waals surface area (Å²) in [7, 11) is 0. The Balaban J connectivity index is 1.74. The number of fused-ring (bicyclic) bond motifs is 1. The average molecular weight is 315 g/mol. The third kappa shape index (κ3) is 2.56. The minimum absolute atomic E-state index is 0.311. The normalized spacial score (nSPS) is 19.2. The number of nitrogens with zero attached hydrogens (tertiary/aromatic N) is 4. The molecule has 0 saturated heterocycles. The van der Waals surface area contributed by atoms with Gasteiger partial charge >= 0.3 is 0 Å². The van der Waals surface area contributed by atoms with E-state index in [-0.39, 0.29) is 0 Å². The molecule has 0 unspecified atom stereocenters. The largest absolute Gasteiger partial charge is 0.399 e. The molecule has 4 rings (SSSR count). The number of hydrogen-bond acceptors (Lipinski definition) is 5. The number of pyridine rings is 1. The first-order valence-corrected chi connectivity index (χ1v) is 8.01. The van der Waals surface area contributed by atoms with Crippen LogP contribution in [0.4, 0.5) is 5.69 Å². The molecule has 1 aliphatic carbocycles. The van der Waals surface area contributed by atoms with Gasteiger partial charge in [0.25, 0.3) is 0 Å². The maximum Gasteiger partial charge on any atom is 0.132 e. The SMILES string of the molecule is Cc1ccnc([C@H]2C[C@@H]2c2cc(CC#N)c3ccc(N)cc3n2)n1. The third-order valence-electron chi connectivity index (χ3n) is 4.52. The number of nitrogens with two attached hydrogens (primary N) is 1. The minimum Gasteiger partial charge on any atom is -0.399 e. The van der Waals surface area contributed by atoms with Crippen LogP contribution in [-0.2, 0) is 6.42 Å². The van der Waals surface area contributed by atoms with Gasteiger partial charge in [0.15, 0.2) is 0 Å². The second-order valence-electron chi connectivity index (χ2n) is 6.32. The fourth-order valence-corrected chi connectivity index (χ4v) is 3.22. The molecule has 5 nitrogen and oxygen atoms in total. The van der Waals surface area contributed by atoms with Crippen LogP contribution in [0.25, 0.3) is 10.9 Å². The van der Waals surface area contributed by atoms with Crippen LogP contribution >= 0.6 is 0 Å². The first kappa shape index (κ1) is 14.6. The molecule has 1 aliphatic rings. The van der Waals surface area contributed by atoms with Crippen molar-refractivity contribution in [3.05, 3.63) is 59.3 Å². The highest BCUT2D eigenvalue weighted by Gasteiger charge is 2.43. The molecule has 0 bridgehead atoms. The first-order valence-electron chi connectivity index (χ1n) is 8.01. The monoisotopic (exact) mass is 315 g/mol. The Labute approximate surface area is 140 Å². The van der Waals surface area contributed by atoms with Gasteiger partial charge in [-0.25, -0.2) is 9.97 Å². The van der Waals surface area contributed by atoms with E-state index in [0.717, 1.165) is 40.1 Å². The molecule has 5 heteroatoms. The lowest BCUT2D eigenvalue weighted by molar-refractivity contribution is 0.866. The number of rotatable bonds is 3. The van der Waals surface area contributed by atoms with Gasteiger partial charge in [0.2, 0.25) is 0 Å². The molecule has 118 valence electrons. The Bertz CT molecular complexity index is 973. The van der Waals surface area contributed by atoms with Crippen LogP contribution in [0.1, 0.15) is 41.0 Å². The molecular formula is C19H17N5. The molecule has 0 spiro atoms. The van der Waals surface area contributed by atoms with Gasteiger partial charge in [-0.2, -0.15) is 5.26 Å². The Hall–Kier alpha value is -3.00. The first-order chi connectivity index (χ1) is 11.7. The third-order valence-corrected chi connectivity index (χ3v) is 4.52. The van der Waals surface area contributed by atoms with Crippen molar-refractivity contribution in [3.8, 4) is 6.07 Å². The van der Waals surface area contributed by atoms with Crippen LogP contribution in [0.2, 0.25) is 0 Å². The highest BCUT2D eigenvalue weighted by Crippen LogP contribution is 2.53. The maximum atomic E-state index is 9.12. The molecule has 2 heterocycles. The highest BCUT2D eigenvalue weighted by molar-refractivity contribution is 5.85. The van der Waals surface area contributed by atoms with E-state index in [4.69, 9.17) is 16.0 Å². The smallest absolute Gasteiger partial charge is 0.132 e. The van der Waals surface area contributed by atoms with E-state index in [1.54, 1.807) is 0 Å². The summed E-state index contributed by atoms with van der Waals surface area (Å²) in [6.45, 7) is 1.98. The average Bonchev–Trinajstić information content (AvgIpc) is 3.35. The summed E-state index contributed by atoms with van der Waals surface area (Å²) in [5, 5.41) is 10.1. The Morgan fingerprint density at radius 2 is 2.08 bits per heavy atom. The Kier molecular flexibility index (Phi) is 3.39. The number of benzene rings is 1. The van der Waals surface area contributed by atoms with Gasteiger partial charge in [-0.15, -0.1) is 0 Å². The van der Waals surface area contributed by atoms with Gasteiger partial charge in [0.05, 0.1) is 18.0 Å². The van der Waals surface area contributed by atoms with E-state index >= 15 is 0 Å².